The number of nitrogens with one attached hydrogen (secondary N) is 1. The Kier molecular flexibility index (Phi) is 8.03. The van der Waals surface area contributed by atoms with Crippen LogP contribution in [0.3, 0.4) is 0 Å². The maximum atomic E-state index is 3.84. The summed E-state index contributed by atoms with van der Waals surface area (Å²) < 4.78 is 0. The lowest BCUT2D eigenvalue weighted by Crippen LogP contribution is -2.28. The smallest absolute Gasteiger partial charge is 0.0325 e. The molecule has 0 aliphatic heterocycles. The van der Waals surface area contributed by atoms with Gasteiger partial charge >= 0.3 is 0 Å². The van der Waals surface area contributed by atoms with E-state index in [1.54, 1.807) is 0 Å². The van der Waals surface area contributed by atoms with Gasteiger partial charge < -0.3 is 5.32 Å². The summed E-state index contributed by atoms with van der Waals surface area (Å²) in [5.74, 6) is 2.30. The zero-order valence-corrected chi connectivity index (χ0v) is 14.9. The molecule has 120 valence electrons. The van der Waals surface area contributed by atoms with Gasteiger partial charge in [0.2, 0.25) is 0 Å². The summed E-state index contributed by atoms with van der Waals surface area (Å²) in [6, 6.07) is 9.31. The van der Waals surface area contributed by atoms with Gasteiger partial charge in [-0.15, -0.1) is 0 Å². The molecule has 1 heteroatoms. The van der Waals surface area contributed by atoms with Crippen LogP contribution >= 0.6 is 0 Å². The van der Waals surface area contributed by atoms with Crippen molar-refractivity contribution in [2.75, 3.05) is 6.54 Å². The van der Waals surface area contributed by atoms with Crippen molar-refractivity contribution in [2.24, 2.45) is 17.8 Å². The first-order valence-corrected chi connectivity index (χ1v) is 8.72. The molecule has 1 aromatic rings. The molecule has 0 aromatic heterocycles. The van der Waals surface area contributed by atoms with Crippen molar-refractivity contribution in [3.63, 3.8) is 0 Å². The van der Waals surface area contributed by atoms with Crippen molar-refractivity contribution >= 4 is 0 Å². The van der Waals surface area contributed by atoms with Crippen molar-refractivity contribution in [3.05, 3.63) is 35.4 Å². The summed E-state index contributed by atoms with van der Waals surface area (Å²) in [6.07, 6.45) is 3.82. The Morgan fingerprint density at radius 1 is 0.952 bits per heavy atom. The van der Waals surface area contributed by atoms with Crippen LogP contribution in [0.1, 0.15) is 71.0 Å². The molecule has 1 rings (SSSR count). The maximum Gasteiger partial charge on any atom is 0.0325 e. The van der Waals surface area contributed by atoms with E-state index in [9.17, 15) is 0 Å². The molecule has 21 heavy (non-hydrogen) atoms. The summed E-state index contributed by atoms with van der Waals surface area (Å²) in [4.78, 5) is 0. The molecular formula is C20H35N. The molecule has 1 nitrogen and oxygen atoms in total. The van der Waals surface area contributed by atoms with E-state index in [1.807, 2.05) is 0 Å². The number of benzene rings is 1. The number of hydrogen-bond donors (Lipinski definition) is 1. The van der Waals surface area contributed by atoms with E-state index >= 15 is 0 Å². The van der Waals surface area contributed by atoms with Gasteiger partial charge in [-0.25, -0.2) is 0 Å². The van der Waals surface area contributed by atoms with Crippen molar-refractivity contribution in [1.82, 2.24) is 5.32 Å². The Labute approximate surface area is 132 Å². The monoisotopic (exact) mass is 289 g/mol. The maximum absolute atomic E-state index is 3.84. The molecule has 0 spiro atoms. The molecule has 0 fully saturated rings. The minimum atomic E-state index is 0.491. The summed E-state index contributed by atoms with van der Waals surface area (Å²) in [5, 5.41) is 3.84. The fourth-order valence-corrected chi connectivity index (χ4v) is 3.05. The van der Waals surface area contributed by atoms with Gasteiger partial charge in [-0.1, -0.05) is 65.3 Å². The average Bonchev–Trinajstić information content (AvgIpc) is 2.43. The van der Waals surface area contributed by atoms with Crippen molar-refractivity contribution in [2.45, 2.75) is 66.8 Å². The molecule has 3 atom stereocenters. The third-order valence-electron chi connectivity index (χ3n) is 4.49. The van der Waals surface area contributed by atoms with Crippen LogP contribution in [0.5, 0.6) is 0 Å². The molecule has 3 unspecified atom stereocenters. The Morgan fingerprint density at radius 3 is 2.19 bits per heavy atom. The van der Waals surface area contributed by atoms with Crippen LogP contribution in [0.15, 0.2) is 24.3 Å². The predicted octanol–water partition coefficient (Wildman–Crippen LogP) is 5.74. The highest BCUT2D eigenvalue weighted by Gasteiger charge is 2.16. The Morgan fingerprint density at radius 2 is 1.62 bits per heavy atom. The molecule has 0 aliphatic carbocycles. The van der Waals surface area contributed by atoms with E-state index in [4.69, 9.17) is 0 Å². The van der Waals surface area contributed by atoms with Crippen LogP contribution in [0.25, 0.3) is 0 Å². The van der Waals surface area contributed by atoms with Gasteiger partial charge in [-0.2, -0.15) is 0 Å². The second-order valence-electron chi connectivity index (χ2n) is 7.30. The quantitative estimate of drug-likeness (QED) is 0.611. The van der Waals surface area contributed by atoms with Crippen LogP contribution in [-0.4, -0.2) is 6.54 Å². The van der Waals surface area contributed by atoms with Crippen LogP contribution in [0.2, 0.25) is 0 Å². The highest BCUT2D eigenvalue weighted by Crippen LogP contribution is 2.25. The largest absolute Gasteiger partial charge is 0.310 e. The molecule has 0 saturated carbocycles. The van der Waals surface area contributed by atoms with E-state index in [0.717, 1.165) is 18.4 Å². The Bertz CT molecular complexity index is 397. The molecule has 1 N–H and O–H groups in total. The average molecular weight is 290 g/mol. The van der Waals surface area contributed by atoms with Gasteiger partial charge in [0, 0.05) is 6.04 Å². The minimum absolute atomic E-state index is 0.491. The first-order chi connectivity index (χ1) is 9.93. The van der Waals surface area contributed by atoms with Crippen molar-refractivity contribution < 1.29 is 0 Å². The Balaban J connectivity index is 2.65. The normalized spacial score (nSPS) is 16.0. The number of rotatable bonds is 9. The second-order valence-corrected chi connectivity index (χ2v) is 7.30. The van der Waals surface area contributed by atoms with E-state index < -0.39 is 0 Å². The second kappa shape index (κ2) is 9.25. The third kappa shape index (κ3) is 6.65. The van der Waals surface area contributed by atoms with Crippen LogP contribution < -0.4 is 5.32 Å². The minimum Gasteiger partial charge on any atom is -0.310 e. The van der Waals surface area contributed by atoms with E-state index in [2.05, 4.69) is 71.1 Å². The highest BCUT2D eigenvalue weighted by atomic mass is 14.9. The van der Waals surface area contributed by atoms with Gasteiger partial charge in [0.15, 0.2) is 0 Å². The molecule has 0 saturated heterocycles. The lowest BCUT2D eigenvalue weighted by molar-refractivity contribution is 0.350. The fraction of sp³-hybridized carbons (Fsp3) is 0.700. The van der Waals surface area contributed by atoms with E-state index in [1.165, 1.54) is 30.4 Å². The van der Waals surface area contributed by atoms with E-state index in [0.29, 0.717) is 12.0 Å². The van der Waals surface area contributed by atoms with Gasteiger partial charge in [-0.05, 0) is 55.2 Å². The standard InChI is InChI=1S/C20H35N/c1-7-16(4)13-17(5)14-21-20(12-15(2)3)19-11-9-8-10-18(19)6/h8-11,15-17,20-21H,7,12-14H2,1-6H3. The summed E-state index contributed by atoms with van der Waals surface area (Å²) >= 11 is 0. The molecule has 0 heterocycles. The summed E-state index contributed by atoms with van der Waals surface area (Å²) in [7, 11) is 0. The summed E-state index contributed by atoms with van der Waals surface area (Å²) in [6.45, 7) is 15.0. The molecule has 1 aromatic carbocycles. The first-order valence-electron chi connectivity index (χ1n) is 8.72. The van der Waals surface area contributed by atoms with Crippen LogP contribution in [0.4, 0.5) is 0 Å². The molecular weight excluding hydrogens is 254 g/mol. The summed E-state index contributed by atoms with van der Waals surface area (Å²) in [5.41, 5.74) is 2.88. The van der Waals surface area contributed by atoms with Gasteiger partial charge in [0.05, 0.1) is 0 Å². The molecule has 0 radical (unpaired) electrons. The Hall–Kier alpha value is -0.820. The molecule has 0 amide bonds. The van der Waals surface area contributed by atoms with Crippen LogP contribution in [-0.2, 0) is 0 Å². The van der Waals surface area contributed by atoms with Crippen molar-refractivity contribution in [1.29, 1.82) is 0 Å². The predicted molar refractivity (Wildman–Crippen MR) is 94.6 cm³/mol. The molecule has 0 aliphatic rings. The SMILES string of the molecule is CCC(C)CC(C)CNC(CC(C)C)c1ccccc1C. The molecule has 0 bridgehead atoms. The van der Waals surface area contributed by atoms with Crippen LogP contribution in [0, 0.1) is 24.7 Å². The first kappa shape index (κ1) is 18.2. The van der Waals surface area contributed by atoms with Crippen molar-refractivity contribution in [3.8, 4) is 0 Å². The lowest BCUT2D eigenvalue weighted by Gasteiger charge is -2.25. The lowest BCUT2D eigenvalue weighted by atomic mass is 9.92. The van der Waals surface area contributed by atoms with Gasteiger partial charge in [0.25, 0.3) is 0 Å². The topological polar surface area (TPSA) is 12.0 Å². The van der Waals surface area contributed by atoms with Gasteiger partial charge in [-0.3, -0.25) is 0 Å². The van der Waals surface area contributed by atoms with Gasteiger partial charge in [0.1, 0.15) is 0 Å². The zero-order chi connectivity index (χ0) is 15.8. The fourth-order valence-electron chi connectivity index (χ4n) is 3.05. The zero-order valence-electron chi connectivity index (χ0n) is 14.9. The third-order valence-corrected chi connectivity index (χ3v) is 4.49. The number of hydrogen-bond acceptors (Lipinski definition) is 1. The van der Waals surface area contributed by atoms with E-state index in [-0.39, 0.29) is 0 Å². The highest BCUT2D eigenvalue weighted by molar-refractivity contribution is 5.28. The number of aryl methyl sites for hydroxylation is 1.